The molecule has 0 spiro atoms. The number of fused-ring (bicyclic) bond motifs is 1. The van der Waals surface area contributed by atoms with Crippen LogP contribution in [0.5, 0.6) is 0 Å². The van der Waals surface area contributed by atoms with Crippen LogP contribution < -0.4 is 0 Å². The number of ether oxygens (including phenoxy) is 1. The number of esters is 1. The number of rotatable bonds is 5. The number of carbonyl (C=O) groups excluding carboxylic acids is 1. The number of aromatic nitrogens is 1. The molecule has 1 saturated heterocycles. The molecule has 1 aliphatic rings. The van der Waals surface area contributed by atoms with Gasteiger partial charge < -0.3 is 4.74 Å². The van der Waals surface area contributed by atoms with E-state index in [1.807, 2.05) is 19.3 Å². The first-order chi connectivity index (χ1) is 13.7. The van der Waals surface area contributed by atoms with E-state index >= 15 is 0 Å². The molecule has 1 aromatic heterocycles. The minimum Gasteiger partial charge on any atom is -0.466 e. The predicted molar refractivity (Wildman–Crippen MR) is 112 cm³/mol. The summed E-state index contributed by atoms with van der Waals surface area (Å²) in [5.74, 6) is -0.0689. The molecule has 1 fully saturated rings. The van der Waals surface area contributed by atoms with Gasteiger partial charge in [-0.15, -0.1) is 0 Å². The lowest BCUT2D eigenvalue weighted by molar-refractivity contribution is -0.150. The zero-order chi connectivity index (χ0) is 19.3. The largest absolute Gasteiger partial charge is 0.466 e. The van der Waals surface area contributed by atoms with Crippen LogP contribution in [0.2, 0.25) is 0 Å². The van der Waals surface area contributed by atoms with Crippen molar-refractivity contribution in [3.05, 3.63) is 66.5 Å². The van der Waals surface area contributed by atoms with Crippen molar-refractivity contribution in [3.63, 3.8) is 0 Å². The average Bonchev–Trinajstić information content (AvgIpc) is 2.74. The fraction of sp³-hybridized carbons (Fsp3) is 0.333. The summed E-state index contributed by atoms with van der Waals surface area (Å²) < 4.78 is 5.21. The lowest BCUT2D eigenvalue weighted by Gasteiger charge is -2.31. The van der Waals surface area contributed by atoms with Gasteiger partial charge in [0.15, 0.2) is 0 Å². The number of hydrogen-bond donors (Lipinski definition) is 0. The van der Waals surface area contributed by atoms with Crippen molar-refractivity contribution in [1.29, 1.82) is 0 Å². The van der Waals surface area contributed by atoms with Gasteiger partial charge in [-0.05, 0) is 60.3 Å². The van der Waals surface area contributed by atoms with E-state index < -0.39 is 0 Å². The summed E-state index contributed by atoms with van der Waals surface area (Å²) in [7, 11) is 0. The van der Waals surface area contributed by atoms with Crippen molar-refractivity contribution in [2.75, 3.05) is 19.7 Å². The Bertz CT molecular complexity index is 969. The maximum Gasteiger partial charge on any atom is 0.310 e. The van der Waals surface area contributed by atoms with Gasteiger partial charge in [0.05, 0.1) is 12.5 Å². The molecule has 0 amide bonds. The maximum atomic E-state index is 12.1. The molecule has 1 atom stereocenters. The van der Waals surface area contributed by atoms with Crippen molar-refractivity contribution in [2.24, 2.45) is 5.92 Å². The first-order valence-corrected chi connectivity index (χ1v) is 10.0. The fourth-order valence-corrected chi connectivity index (χ4v) is 4.01. The van der Waals surface area contributed by atoms with Crippen LogP contribution in [0.15, 0.2) is 60.9 Å². The van der Waals surface area contributed by atoms with Gasteiger partial charge in [-0.1, -0.05) is 36.4 Å². The van der Waals surface area contributed by atoms with Crippen LogP contribution in [0, 0.1) is 5.92 Å². The summed E-state index contributed by atoms with van der Waals surface area (Å²) in [5.41, 5.74) is 3.48. The minimum atomic E-state index is -0.0600. The Labute approximate surface area is 166 Å². The molecule has 0 bridgehead atoms. The second kappa shape index (κ2) is 8.53. The Morgan fingerprint density at radius 3 is 2.82 bits per heavy atom. The van der Waals surface area contributed by atoms with Crippen molar-refractivity contribution in [3.8, 4) is 11.1 Å². The molecular formula is C24H26N2O2. The zero-order valence-corrected chi connectivity index (χ0v) is 16.3. The van der Waals surface area contributed by atoms with Gasteiger partial charge in [0.1, 0.15) is 0 Å². The minimum absolute atomic E-state index is 0.00895. The molecule has 2 aromatic carbocycles. The number of piperidine rings is 1. The second-order valence-electron chi connectivity index (χ2n) is 7.47. The Balaban J connectivity index is 1.49. The molecule has 3 aromatic rings. The summed E-state index contributed by atoms with van der Waals surface area (Å²) in [6.45, 7) is 4.90. The zero-order valence-electron chi connectivity index (χ0n) is 16.3. The number of carbonyl (C=O) groups is 1. The summed E-state index contributed by atoms with van der Waals surface area (Å²) in [4.78, 5) is 18.9. The monoisotopic (exact) mass is 374 g/mol. The molecule has 0 radical (unpaired) electrons. The third-order valence-corrected chi connectivity index (χ3v) is 5.41. The maximum absolute atomic E-state index is 12.1. The van der Waals surface area contributed by atoms with Gasteiger partial charge in [-0.2, -0.15) is 0 Å². The van der Waals surface area contributed by atoms with E-state index in [0.717, 1.165) is 38.0 Å². The standard InChI is InChI=1S/C24H26N2O2/c1-2-28-24(27)22-8-5-11-26(17-22)16-18-12-23(15-25-14-18)21-10-9-19-6-3-4-7-20(19)13-21/h3-4,6-7,9-10,12-15,22H,2,5,8,11,16-17H2,1H3/t22-/m0/s1. The molecule has 28 heavy (non-hydrogen) atoms. The van der Waals surface area contributed by atoms with Crippen molar-refractivity contribution < 1.29 is 9.53 Å². The van der Waals surface area contributed by atoms with Crippen LogP contribution >= 0.6 is 0 Å². The second-order valence-corrected chi connectivity index (χ2v) is 7.47. The SMILES string of the molecule is CCOC(=O)[C@H]1CCCN(Cc2cncc(-c3ccc4ccccc4c3)c2)C1. The van der Waals surface area contributed by atoms with Crippen molar-refractivity contribution in [1.82, 2.24) is 9.88 Å². The van der Waals surface area contributed by atoms with E-state index in [1.54, 1.807) is 0 Å². The normalized spacial score (nSPS) is 17.5. The van der Waals surface area contributed by atoms with Crippen molar-refractivity contribution in [2.45, 2.75) is 26.3 Å². The van der Waals surface area contributed by atoms with Crippen LogP contribution in [0.25, 0.3) is 21.9 Å². The number of nitrogens with zero attached hydrogens (tertiary/aromatic N) is 2. The number of hydrogen-bond acceptors (Lipinski definition) is 4. The number of likely N-dealkylation sites (tertiary alicyclic amines) is 1. The summed E-state index contributed by atoms with van der Waals surface area (Å²) >= 11 is 0. The number of pyridine rings is 1. The summed E-state index contributed by atoms with van der Waals surface area (Å²) in [6, 6.07) is 17.1. The van der Waals surface area contributed by atoms with Gasteiger partial charge in [-0.3, -0.25) is 14.7 Å². The topological polar surface area (TPSA) is 42.4 Å². The summed E-state index contributed by atoms with van der Waals surface area (Å²) in [6.07, 6.45) is 5.80. The molecule has 0 saturated carbocycles. The summed E-state index contributed by atoms with van der Waals surface area (Å²) in [5, 5.41) is 2.48. The Kier molecular flexibility index (Phi) is 5.68. The smallest absolute Gasteiger partial charge is 0.310 e. The predicted octanol–water partition coefficient (Wildman–Crippen LogP) is 4.68. The first-order valence-electron chi connectivity index (χ1n) is 10.0. The first kappa shape index (κ1) is 18.6. The van der Waals surface area contributed by atoms with Gasteiger partial charge in [0.25, 0.3) is 0 Å². The van der Waals surface area contributed by atoms with Crippen molar-refractivity contribution >= 4 is 16.7 Å². The highest BCUT2D eigenvalue weighted by molar-refractivity contribution is 5.87. The van der Waals surface area contributed by atoms with Gasteiger partial charge >= 0.3 is 5.97 Å². The molecule has 2 heterocycles. The Morgan fingerprint density at radius 1 is 1.11 bits per heavy atom. The molecule has 4 nitrogen and oxygen atoms in total. The lowest BCUT2D eigenvalue weighted by atomic mass is 9.97. The van der Waals surface area contributed by atoms with E-state index in [9.17, 15) is 4.79 Å². The average molecular weight is 374 g/mol. The Hall–Kier alpha value is -2.72. The number of benzene rings is 2. The van der Waals surface area contributed by atoms with E-state index in [1.165, 1.54) is 21.9 Å². The Morgan fingerprint density at radius 2 is 1.96 bits per heavy atom. The van der Waals surface area contributed by atoms with Crippen LogP contribution in [0.1, 0.15) is 25.3 Å². The van der Waals surface area contributed by atoms with Crippen LogP contribution in [-0.2, 0) is 16.1 Å². The van der Waals surface area contributed by atoms with Crippen LogP contribution in [-0.4, -0.2) is 35.5 Å². The molecular weight excluding hydrogens is 348 g/mol. The highest BCUT2D eigenvalue weighted by Crippen LogP contribution is 2.26. The van der Waals surface area contributed by atoms with Crippen LogP contribution in [0.3, 0.4) is 0 Å². The van der Waals surface area contributed by atoms with Gasteiger partial charge in [0.2, 0.25) is 0 Å². The molecule has 4 rings (SSSR count). The third kappa shape index (κ3) is 4.23. The lowest BCUT2D eigenvalue weighted by Crippen LogP contribution is -2.38. The van der Waals surface area contributed by atoms with Gasteiger partial charge in [-0.25, -0.2) is 0 Å². The van der Waals surface area contributed by atoms with E-state index in [2.05, 4.69) is 58.4 Å². The molecule has 0 unspecified atom stereocenters. The van der Waals surface area contributed by atoms with Gasteiger partial charge in [0, 0.05) is 31.0 Å². The van der Waals surface area contributed by atoms with E-state index in [4.69, 9.17) is 4.74 Å². The molecule has 144 valence electrons. The third-order valence-electron chi connectivity index (χ3n) is 5.41. The highest BCUT2D eigenvalue weighted by Gasteiger charge is 2.26. The molecule has 0 aliphatic carbocycles. The quantitative estimate of drug-likeness (QED) is 0.608. The molecule has 1 aliphatic heterocycles. The van der Waals surface area contributed by atoms with E-state index in [-0.39, 0.29) is 11.9 Å². The molecule has 0 N–H and O–H groups in total. The molecule has 4 heteroatoms. The van der Waals surface area contributed by atoms with Crippen LogP contribution in [0.4, 0.5) is 0 Å². The van der Waals surface area contributed by atoms with E-state index in [0.29, 0.717) is 6.61 Å². The highest BCUT2D eigenvalue weighted by atomic mass is 16.5. The fourth-order valence-electron chi connectivity index (χ4n) is 4.01.